The van der Waals surface area contributed by atoms with Crippen molar-refractivity contribution in [1.82, 2.24) is 8.80 Å². The zero-order valence-corrected chi connectivity index (χ0v) is 49.2. The molecule has 0 aliphatic carbocycles. The van der Waals surface area contributed by atoms with Crippen molar-refractivity contribution in [3.8, 4) is 22.3 Å². The Kier molecular flexibility index (Phi) is 10.8. The number of fused-ring (bicyclic) bond motifs is 14. The van der Waals surface area contributed by atoms with E-state index in [1.54, 1.807) is 0 Å². The molecule has 0 aliphatic rings. The van der Waals surface area contributed by atoms with Crippen molar-refractivity contribution in [2.24, 2.45) is 0 Å². The van der Waals surface area contributed by atoms with Gasteiger partial charge in [-0.2, -0.15) is 0 Å². The Balaban J connectivity index is 0.962. The highest BCUT2D eigenvalue weighted by Gasteiger charge is 2.31. The Labute approximate surface area is 500 Å². The van der Waals surface area contributed by atoms with E-state index in [1.165, 1.54) is 131 Å². The first-order valence-corrected chi connectivity index (χ1v) is 30.3. The van der Waals surface area contributed by atoms with E-state index < -0.39 is 0 Å². The van der Waals surface area contributed by atoms with Crippen LogP contribution < -0.4 is 9.80 Å². The van der Waals surface area contributed by atoms with Crippen molar-refractivity contribution in [2.45, 2.75) is 52.4 Å². The van der Waals surface area contributed by atoms with Gasteiger partial charge in [-0.1, -0.05) is 224 Å². The molecule has 0 spiro atoms. The number of anilines is 6. The Morgan fingerprint density at radius 3 is 1.06 bits per heavy atom. The highest BCUT2D eigenvalue weighted by Crippen LogP contribution is 2.54. The second-order valence-electron chi connectivity index (χ2n) is 25.7. The van der Waals surface area contributed by atoms with Crippen LogP contribution in [0.4, 0.5) is 34.1 Å². The van der Waals surface area contributed by atoms with E-state index in [0.29, 0.717) is 0 Å². The largest absolute Gasteiger partial charge is 0.309 e. The summed E-state index contributed by atoms with van der Waals surface area (Å²) < 4.78 is 5.19. The quantitative estimate of drug-likeness (QED) is 0.151. The smallest absolute Gasteiger partial charge is 0.0641 e. The van der Waals surface area contributed by atoms with Gasteiger partial charge in [0.25, 0.3) is 0 Å². The van der Waals surface area contributed by atoms with E-state index in [9.17, 15) is 0 Å². The van der Waals surface area contributed by atoms with E-state index >= 15 is 0 Å². The average molecular weight is 1100 g/mol. The third kappa shape index (κ3) is 7.35. The van der Waals surface area contributed by atoms with E-state index in [2.05, 4.69) is 327 Å². The molecular formula is C82H62N4. The molecule has 0 aliphatic heterocycles. The molecule has 0 bridgehead atoms. The number of aromatic nitrogens is 2. The monoisotopic (exact) mass is 1100 g/mol. The van der Waals surface area contributed by atoms with Crippen LogP contribution in [0.5, 0.6) is 0 Å². The Morgan fingerprint density at radius 1 is 0.256 bits per heavy atom. The lowest BCUT2D eigenvalue weighted by molar-refractivity contribution is 0.591. The molecular weight excluding hydrogens is 1040 g/mol. The van der Waals surface area contributed by atoms with E-state index in [4.69, 9.17) is 0 Å². The maximum absolute atomic E-state index is 2.60. The second kappa shape index (κ2) is 18.5. The van der Waals surface area contributed by atoms with Gasteiger partial charge in [-0.15, -0.1) is 0 Å². The van der Waals surface area contributed by atoms with Gasteiger partial charge in [0, 0.05) is 65.6 Å². The van der Waals surface area contributed by atoms with Gasteiger partial charge in [-0.25, -0.2) is 0 Å². The first kappa shape index (κ1) is 50.1. The zero-order valence-electron chi connectivity index (χ0n) is 49.2. The third-order valence-electron chi connectivity index (χ3n) is 18.6. The van der Waals surface area contributed by atoms with Crippen LogP contribution in [0.3, 0.4) is 0 Å². The topological polar surface area (TPSA) is 15.3 Å². The van der Waals surface area contributed by atoms with Crippen molar-refractivity contribution in [3.63, 3.8) is 0 Å². The van der Waals surface area contributed by atoms with Crippen molar-refractivity contribution < 1.29 is 0 Å². The number of hydrogen-bond donors (Lipinski definition) is 0. The van der Waals surface area contributed by atoms with Gasteiger partial charge in [-0.05, 0) is 140 Å². The predicted octanol–water partition coefficient (Wildman–Crippen LogP) is 23.2. The first-order chi connectivity index (χ1) is 42.0. The molecule has 0 unspecified atom stereocenters. The zero-order chi connectivity index (χ0) is 57.7. The number of rotatable bonds is 8. The lowest BCUT2D eigenvalue weighted by Crippen LogP contribution is -2.12. The van der Waals surface area contributed by atoms with Gasteiger partial charge in [0.05, 0.1) is 55.8 Å². The minimum atomic E-state index is -0.0706. The van der Waals surface area contributed by atoms with Crippen molar-refractivity contribution in [3.05, 3.63) is 278 Å². The Bertz CT molecular complexity index is 5200. The maximum atomic E-state index is 2.60. The molecule has 4 heteroatoms. The average Bonchev–Trinajstić information content (AvgIpc) is 1.54. The highest BCUT2D eigenvalue weighted by molar-refractivity contribution is 6.32. The SMILES string of the molecule is CC(C)(C)c1ccc2c(c1)c1c(N(c3ccccc3)c3ccccc3-c3cccc4ccccc34)ccc3c4cc5c(cc4n2c31)c1ccc(N(c2ccccc2)c2ccccc2-c2cccc3ccccc23)c2c3cc(C(C)(C)C)ccc3n5c12. The summed E-state index contributed by atoms with van der Waals surface area (Å²) in [6, 6.07) is 100. The summed E-state index contributed by atoms with van der Waals surface area (Å²) >= 11 is 0. The molecule has 0 saturated heterocycles. The van der Waals surface area contributed by atoms with Gasteiger partial charge < -0.3 is 18.6 Å². The van der Waals surface area contributed by atoms with Gasteiger partial charge in [0.1, 0.15) is 0 Å². The Hall–Kier alpha value is -10.4. The second-order valence-corrected chi connectivity index (χ2v) is 25.7. The van der Waals surface area contributed by atoms with E-state index in [-0.39, 0.29) is 10.8 Å². The molecule has 0 saturated carbocycles. The van der Waals surface area contributed by atoms with E-state index in [1.807, 2.05) is 0 Å². The molecule has 0 N–H and O–H groups in total. The number of nitrogens with zero attached hydrogens (tertiary/aromatic N) is 4. The van der Waals surface area contributed by atoms with Crippen LogP contribution in [-0.4, -0.2) is 8.80 Å². The fourth-order valence-electron chi connectivity index (χ4n) is 14.6. The minimum Gasteiger partial charge on any atom is -0.309 e. The molecule has 410 valence electrons. The van der Waals surface area contributed by atoms with E-state index in [0.717, 1.165) is 34.1 Å². The summed E-state index contributed by atoms with van der Waals surface area (Å²) in [7, 11) is 0. The normalized spacial score (nSPS) is 12.5. The number of benzene rings is 13. The van der Waals surface area contributed by atoms with Crippen LogP contribution >= 0.6 is 0 Å². The van der Waals surface area contributed by atoms with Gasteiger partial charge in [-0.3, -0.25) is 0 Å². The molecule has 0 atom stereocenters. The van der Waals surface area contributed by atoms with Crippen LogP contribution in [0.15, 0.2) is 267 Å². The molecule has 0 fully saturated rings. The first-order valence-electron chi connectivity index (χ1n) is 30.3. The minimum absolute atomic E-state index is 0.0706. The summed E-state index contributed by atoms with van der Waals surface area (Å²) in [5.74, 6) is 0. The standard InChI is InChI=1S/C82H62N4/c1-81(2,3)53-39-43-71-67(47-53)77-73(83(55-27-9-7-10-28-55)69-37-19-17-33-61(69)59-35-21-25-51-23-13-15-31-57(51)59)45-41-63-65-50-76-66(49-75(65)85(71)79(63)77)64-42-46-74(78-68-48-54(82(4,5)6)40-44-72(68)86(76)80(64)78)84(56-29-11-8-12-30-56)70-38-20-18-34-62(70)60-36-22-26-52-24-14-16-32-58(52)60/h7-50H,1-6H3. The van der Waals surface area contributed by atoms with Gasteiger partial charge in [0.2, 0.25) is 0 Å². The van der Waals surface area contributed by atoms with Gasteiger partial charge >= 0.3 is 0 Å². The van der Waals surface area contributed by atoms with Crippen molar-refractivity contribution in [1.29, 1.82) is 0 Å². The molecule has 4 nitrogen and oxygen atoms in total. The predicted molar refractivity (Wildman–Crippen MR) is 368 cm³/mol. The van der Waals surface area contributed by atoms with Gasteiger partial charge in [0.15, 0.2) is 0 Å². The van der Waals surface area contributed by atoms with Crippen molar-refractivity contribution >= 4 is 132 Å². The third-order valence-corrected chi connectivity index (χ3v) is 18.6. The summed E-state index contributed by atoms with van der Waals surface area (Å²) in [6.45, 7) is 14.0. The molecule has 17 aromatic rings. The Morgan fingerprint density at radius 2 is 0.628 bits per heavy atom. The molecule has 0 radical (unpaired) electrons. The fraction of sp³-hybridized carbons (Fsp3) is 0.0976. The maximum Gasteiger partial charge on any atom is 0.0641 e. The molecule has 13 aromatic carbocycles. The van der Waals surface area contributed by atoms with Crippen LogP contribution in [0.1, 0.15) is 52.7 Å². The molecule has 4 heterocycles. The summed E-state index contributed by atoms with van der Waals surface area (Å²) in [5, 5.41) is 14.9. The number of hydrogen-bond acceptors (Lipinski definition) is 2. The molecule has 86 heavy (non-hydrogen) atoms. The number of para-hydroxylation sites is 4. The molecule has 17 rings (SSSR count). The molecule has 4 aromatic heterocycles. The summed E-state index contributed by atoms with van der Waals surface area (Å²) in [6.07, 6.45) is 0. The van der Waals surface area contributed by atoms with Crippen molar-refractivity contribution in [2.75, 3.05) is 9.80 Å². The summed E-state index contributed by atoms with van der Waals surface area (Å²) in [4.78, 5) is 5.04. The van der Waals surface area contributed by atoms with Crippen LogP contribution in [0.2, 0.25) is 0 Å². The fourth-order valence-corrected chi connectivity index (χ4v) is 14.6. The molecule has 0 amide bonds. The van der Waals surface area contributed by atoms with Crippen LogP contribution in [0, 0.1) is 0 Å². The van der Waals surface area contributed by atoms with Crippen LogP contribution in [-0.2, 0) is 10.8 Å². The summed E-state index contributed by atoms with van der Waals surface area (Å²) in [5.41, 5.74) is 21.3. The lowest BCUT2D eigenvalue weighted by atomic mass is 9.86. The lowest BCUT2D eigenvalue weighted by Gasteiger charge is -2.29. The highest BCUT2D eigenvalue weighted by atomic mass is 15.2. The van der Waals surface area contributed by atoms with Crippen LogP contribution in [0.25, 0.3) is 120 Å².